The molecule has 3 N–H and O–H groups in total. The van der Waals surface area contributed by atoms with E-state index in [9.17, 15) is 14.4 Å². The summed E-state index contributed by atoms with van der Waals surface area (Å²) in [6.45, 7) is 1.41. The van der Waals surface area contributed by atoms with Crippen molar-refractivity contribution in [2.75, 3.05) is 0 Å². The van der Waals surface area contributed by atoms with Crippen LogP contribution in [0.1, 0.15) is 25.6 Å². The van der Waals surface area contributed by atoms with Gasteiger partial charge in [0.05, 0.1) is 10.9 Å². The highest BCUT2D eigenvalue weighted by Crippen LogP contribution is 2.07. The summed E-state index contributed by atoms with van der Waals surface area (Å²) in [5.41, 5.74) is 0.412. The number of carboxylic acid groups (broad SMARTS) is 1. The van der Waals surface area contributed by atoms with Crippen molar-refractivity contribution >= 4 is 22.8 Å². The first-order chi connectivity index (χ1) is 10.5. The van der Waals surface area contributed by atoms with E-state index in [0.717, 1.165) is 0 Å². The first-order valence-corrected chi connectivity index (χ1v) is 6.97. The number of amides is 1. The smallest absolute Gasteiger partial charge is 0.325 e. The monoisotopic (exact) mass is 303 g/mol. The Kier molecular flexibility index (Phi) is 4.88. The molecule has 0 saturated heterocycles. The molecule has 1 atom stereocenters. The number of benzene rings is 1. The molecule has 7 heteroatoms. The molecule has 22 heavy (non-hydrogen) atoms. The first-order valence-electron chi connectivity index (χ1n) is 6.97. The maximum absolute atomic E-state index is 11.9. The Morgan fingerprint density at radius 2 is 2.09 bits per heavy atom. The number of carboxylic acids is 1. The Labute approximate surface area is 126 Å². The van der Waals surface area contributed by atoms with Gasteiger partial charge in [-0.05, 0) is 25.5 Å². The molecule has 0 aliphatic heterocycles. The molecule has 0 aliphatic carbocycles. The minimum Gasteiger partial charge on any atom is -0.480 e. The van der Waals surface area contributed by atoms with E-state index in [4.69, 9.17) is 5.11 Å². The summed E-state index contributed by atoms with van der Waals surface area (Å²) in [7, 11) is 0. The summed E-state index contributed by atoms with van der Waals surface area (Å²) >= 11 is 0. The number of hydrogen-bond acceptors (Lipinski definition) is 4. The van der Waals surface area contributed by atoms with E-state index < -0.39 is 12.0 Å². The fourth-order valence-electron chi connectivity index (χ4n) is 2.05. The Balaban J connectivity index is 1.94. The third-order valence-electron chi connectivity index (χ3n) is 3.23. The van der Waals surface area contributed by atoms with Crippen LogP contribution >= 0.6 is 0 Å². The Bertz CT molecular complexity index is 754. The van der Waals surface area contributed by atoms with Crippen molar-refractivity contribution in [1.29, 1.82) is 0 Å². The van der Waals surface area contributed by atoms with Crippen molar-refractivity contribution in [2.45, 2.75) is 32.2 Å². The van der Waals surface area contributed by atoms with Crippen LogP contribution in [0, 0.1) is 0 Å². The lowest BCUT2D eigenvalue weighted by Gasteiger charge is -2.08. The second kappa shape index (κ2) is 6.84. The summed E-state index contributed by atoms with van der Waals surface area (Å²) in [5.74, 6) is -0.894. The van der Waals surface area contributed by atoms with Crippen molar-refractivity contribution < 1.29 is 14.7 Å². The summed E-state index contributed by atoms with van der Waals surface area (Å²) < 4.78 is 0. The summed E-state index contributed by atoms with van der Waals surface area (Å²) in [6.07, 6.45) is 1.09. The number of aromatic nitrogens is 2. The molecule has 0 saturated carbocycles. The number of aliphatic carboxylic acids is 1. The number of aromatic amines is 1. The van der Waals surface area contributed by atoms with Crippen LogP contribution in [0.3, 0.4) is 0 Å². The van der Waals surface area contributed by atoms with Crippen LogP contribution in [-0.2, 0) is 16.0 Å². The number of rotatable bonds is 6. The van der Waals surface area contributed by atoms with Gasteiger partial charge in [-0.15, -0.1) is 0 Å². The standard InChI is InChI=1S/C15H17N3O4/c1-9(15(21)22)16-13(19)8-4-7-12-17-11-6-3-2-5-10(11)14(20)18-12/h2-3,5-6,9H,4,7-8H2,1H3,(H,16,19)(H,21,22)(H,17,18,20)/t9-/m0/s1. The van der Waals surface area contributed by atoms with Crippen molar-refractivity contribution in [2.24, 2.45) is 0 Å². The number of nitrogens with one attached hydrogen (secondary N) is 2. The largest absolute Gasteiger partial charge is 0.480 e. The van der Waals surface area contributed by atoms with Gasteiger partial charge in [0.15, 0.2) is 0 Å². The summed E-state index contributed by atoms with van der Waals surface area (Å²) in [5, 5.41) is 11.6. The van der Waals surface area contributed by atoms with E-state index in [1.807, 2.05) is 0 Å². The fraction of sp³-hybridized carbons (Fsp3) is 0.333. The zero-order valence-electron chi connectivity index (χ0n) is 12.1. The summed E-state index contributed by atoms with van der Waals surface area (Å²) in [6, 6.07) is 6.12. The molecule has 1 aromatic heterocycles. The molecule has 116 valence electrons. The Hall–Kier alpha value is -2.70. The fourth-order valence-corrected chi connectivity index (χ4v) is 2.05. The molecule has 0 bridgehead atoms. The number of aryl methyl sites for hydroxylation is 1. The molecule has 0 spiro atoms. The zero-order chi connectivity index (χ0) is 16.1. The van der Waals surface area contributed by atoms with E-state index in [0.29, 0.717) is 29.6 Å². The number of para-hydroxylation sites is 1. The number of fused-ring (bicyclic) bond motifs is 1. The van der Waals surface area contributed by atoms with E-state index in [2.05, 4.69) is 15.3 Å². The highest BCUT2D eigenvalue weighted by Gasteiger charge is 2.13. The molecule has 1 heterocycles. The highest BCUT2D eigenvalue weighted by molar-refractivity contribution is 5.83. The van der Waals surface area contributed by atoms with Gasteiger partial charge in [-0.1, -0.05) is 12.1 Å². The molecule has 0 radical (unpaired) electrons. The van der Waals surface area contributed by atoms with Crippen molar-refractivity contribution in [3.05, 3.63) is 40.4 Å². The lowest BCUT2D eigenvalue weighted by molar-refractivity contribution is -0.141. The van der Waals surface area contributed by atoms with Crippen LogP contribution in [0.25, 0.3) is 10.9 Å². The average Bonchev–Trinajstić information content (AvgIpc) is 2.47. The molecule has 0 aliphatic rings. The van der Waals surface area contributed by atoms with Crippen LogP contribution in [0.5, 0.6) is 0 Å². The lowest BCUT2D eigenvalue weighted by atomic mass is 10.2. The molecular weight excluding hydrogens is 286 g/mol. The third kappa shape index (κ3) is 3.91. The van der Waals surface area contributed by atoms with Crippen molar-refractivity contribution in [3.8, 4) is 0 Å². The van der Waals surface area contributed by atoms with Crippen molar-refractivity contribution in [3.63, 3.8) is 0 Å². The molecule has 1 amide bonds. The molecule has 2 aromatic rings. The maximum Gasteiger partial charge on any atom is 0.325 e. The number of H-pyrrole nitrogens is 1. The number of carbonyl (C=O) groups excluding carboxylic acids is 1. The second-order valence-corrected chi connectivity index (χ2v) is 5.01. The van der Waals surface area contributed by atoms with Crippen LogP contribution in [0.4, 0.5) is 0 Å². The minimum atomic E-state index is -1.08. The van der Waals surface area contributed by atoms with E-state index in [1.165, 1.54) is 6.92 Å². The molecule has 0 unspecified atom stereocenters. The third-order valence-corrected chi connectivity index (χ3v) is 3.23. The van der Waals surface area contributed by atoms with Gasteiger partial charge in [-0.25, -0.2) is 4.98 Å². The van der Waals surface area contributed by atoms with Crippen LogP contribution in [0.15, 0.2) is 29.1 Å². The predicted molar refractivity (Wildman–Crippen MR) is 80.5 cm³/mol. The van der Waals surface area contributed by atoms with Gasteiger partial charge in [-0.3, -0.25) is 14.4 Å². The van der Waals surface area contributed by atoms with Crippen LogP contribution < -0.4 is 10.9 Å². The lowest BCUT2D eigenvalue weighted by Crippen LogP contribution is -2.38. The van der Waals surface area contributed by atoms with E-state index in [-0.39, 0.29) is 17.9 Å². The topological polar surface area (TPSA) is 112 Å². The normalized spacial score (nSPS) is 12.0. The predicted octanol–water partition coefficient (Wildman–Crippen LogP) is 0.835. The quantitative estimate of drug-likeness (QED) is 0.732. The number of hydrogen-bond donors (Lipinski definition) is 3. The van der Waals surface area contributed by atoms with Gasteiger partial charge >= 0.3 is 5.97 Å². The van der Waals surface area contributed by atoms with E-state index >= 15 is 0 Å². The van der Waals surface area contributed by atoms with Gasteiger partial charge in [0.1, 0.15) is 11.9 Å². The Morgan fingerprint density at radius 3 is 2.82 bits per heavy atom. The van der Waals surface area contributed by atoms with Crippen LogP contribution in [0.2, 0.25) is 0 Å². The van der Waals surface area contributed by atoms with E-state index in [1.54, 1.807) is 24.3 Å². The summed E-state index contributed by atoms with van der Waals surface area (Å²) in [4.78, 5) is 41.1. The zero-order valence-corrected chi connectivity index (χ0v) is 12.1. The van der Waals surface area contributed by atoms with Gasteiger partial charge in [0, 0.05) is 12.8 Å². The molecule has 2 rings (SSSR count). The van der Waals surface area contributed by atoms with Crippen molar-refractivity contribution in [1.82, 2.24) is 15.3 Å². The first kappa shape index (κ1) is 15.7. The molecule has 1 aromatic carbocycles. The SMILES string of the molecule is C[C@H](NC(=O)CCCc1nc2ccccc2c(=O)[nH]1)C(=O)O. The van der Waals surface area contributed by atoms with Gasteiger partial charge in [-0.2, -0.15) is 0 Å². The Morgan fingerprint density at radius 1 is 1.36 bits per heavy atom. The van der Waals surface area contributed by atoms with Gasteiger partial charge < -0.3 is 15.4 Å². The molecule has 7 nitrogen and oxygen atoms in total. The number of nitrogens with zero attached hydrogens (tertiary/aromatic N) is 1. The molecular formula is C15H17N3O4. The second-order valence-electron chi connectivity index (χ2n) is 5.01. The number of carbonyl (C=O) groups is 2. The highest BCUT2D eigenvalue weighted by atomic mass is 16.4. The van der Waals surface area contributed by atoms with Gasteiger partial charge in [0.2, 0.25) is 5.91 Å². The van der Waals surface area contributed by atoms with Crippen LogP contribution in [-0.4, -0.2) is 33.0 Å². The van der Waals surface area contributed by atoms with Gasteiger partial charge in [0.25, 0.3) is 5.56 Å². The minimum absolute atomic E-state index is 0.175. The average molecular weight is 303 g/mol. The maximum atomic E-state index is 11.9. The molecule has 0 fully saturated rings.